The standard InChI is InChI=1S/C16H33NO3/c1-16(2)7-6-15(18)14(12-16)13-17(9-11-20-4)8-5-10-19-3/h14-15,18H,5-13H2,1-4H3. The summed E-state index contributed by atoms with van der Waals surface area (Å²) >= 11 is 0. The molecule has 1 fully saturated rings. The highest BCUT2D eigenvalue weighted by atomic mass is 16.5. The number of hydrogen-bond acceptors (Lipinski definition) is 4. The van der Waals surface area contributed by atoms with E-state index < -0.39 is 0 Å². The second-order valence-electron chi connectivity index (χ2n) is 6.87. The van der Waals surface area contributed by atoms with Crippen molar-refractivity contribution in [3.8, 4) is 0 Å². The Morgan fingerprint density at radius 2 is 1.85 bits per heavy atom. The zero-order valence-corrected chi connectivity index (χ0v) is 13.7. The molecule has 1 aliphatic rings. The first-order chi connectivity index (χ1) is 9.48. The monoisotopic (exact) mass is 287 g/mol. The maximum absolute atomic E-state index is 10.3. The maximum atomic E-state index is 10.3. The van der Waals surface area contributed by atoms with Gasteiger partial charge in [0.15, 0.2) is 0 Å². The molecule has 0 aromatic heterocycles. The highest BCUT2D eigenvalue weighted by Crippen LogP contribution is 2.39. The van der Waals surface area contributed by atoms with Crippen molar-refractivity contribution >= 4 is 0 Å². The Hall–Kier alpha value is -0.160. The van der Waals surface area contributed by atoms with Gasteiger partial charge in [0.25, 0.3) is 0 Å². The Balaban J connectivity index is 2.48. The molecular weight excluding hydrogens is 254 g/mol. The number of ether oxygens (including phenoxy) is 2. The molecule has 1 saturated carbocycles. The minimum atomic E-state index is -0.143. The topological polar surface area (TPSA) is 41.9 Å². The van der Waals surface area contributed by atoms with Crippen LogP contribution in [0.3, 0.4) is 0 Å². The molecule has 0 aliphatic heterocycles. The van der Waals surface area contributed by atoms with Crippen LogP contribution in [0.4, 0.5) is 0 Å². The first-order valence-corrected chi connectivity index (χ1v) is 7.87. The van der Waals surface area contributed by atoms with Gasteiger partial charge >= 0.3 is 0 Å². The largest absolute Gasteiger partial charge is 0.393 e. The molecule has 1 aliphatic carbocycles. The second-order valence-corrected chi connectivity index (χ2v) is 6.87. The minimum absolute atomic E-state index is 0.143. The molecule has 2 unspecified atom stereocenters. The summed E-state index contributed by atoms with van der Waals surface area (Å²) in [7, 11) is 3.48. The first kappa shape index (κ1) is 17.9. The van der Waals surface area contributed by atoms with Gasteiger partial charge in [-0.3, -0.25) is 0 Å². The Labute approximate surface area is 124 Å². The molecule has 0 bridgehead atoms. The van der Waals surface area contributed by atoms with E-state index in [0.717, 1.165) is 58.5 Å². The summed E-state index contributed by atoms with van der Waals surface area (Å²) in [6.07, 6.45) is 4.07. The minimum Gasteiger partial charge on any atom is -0.393 e. The molecule has 1 rings (SSSR count). The lowest BCUT2D eigenvalue weighted by molar-refractivity contribution is -0.0000649. The fourth-order valence-electron chi connectivity index (χ4n) is 3.19. The van der Waals surface area contributed by atoms with Crippen molar-refractivity contribution in [1.82, 2.24) is 4.90 Å². The number of rotatable bonds is 9. The van der Waals surface area contributed by atoms with Crippen LogP contribution >= 0.6 is 0 Å². The predicted octanol–water partition coefficient (Wildman–Crippen LogP) is 2.16. The van der Waals surface area contributed by atoms with E-state index in [4.69, 9.17) is 9.47 Å². The van der Waals surface area contributed by atoms with E-state index in [9.17, 15) is 5.11 Å². The van der Waals surface area contributed by atoms with Gasteiger partial charge < -0.3 is 19.5 Å². The molecule has 0 saturated heterocycles. The van der Waals surface area contributed by atoms with E-state index in [1.165, 1.54) is 0 Å². The molecule has 0 radical (unpaired) electrons. The summed E-state index contributed by atoms with van der Waals surface area (Å²) in [5.41, 5.74) is 0.364. The molecule has 1 N–H and O–H groups in total. The lowest BCUT2D eigenvalue weighted by Crippen LogP contribution is -2.42. The molecule has 0 spiro atoms. The number of methoxy groups -OCH3 is 2. The Bertz CT molecular complexity index is 258. The fourth-order valence-corrected chi connectivity index (χ4v) is 3.19. The van der Waals surface area contributed by atoms with Gasteiger partial charge in [0.1, 0.15) is 0 Å². The van der Waals surface area contributed by atoms with Crippen molar-refractivity contribution in [1.29, 1.82) is 0 Å². The van der Waals surface area contributed by atoms with Crippen LogP contribution in [0.25, 0.3) is 0 Å². The second kappa shape index (κ2) is 8.98. The van der Waals surface area contributed by atoms with Crippen LogP contribution in [-0.2, 0) is 9.47 Å². The van der Waals surface area contributed by atoms with Crippen LogP contribution in [0.15, 0.2) is 0 Å². The zero-order chi connectivity index (χ0) is 15.0. The van der Waals surface area contributed by atoms with Gasteiger partial charge in [0.05, 0.1) is 12.7 Å². The molecule has 0 aromatic carbocycles. The van der Waals surface area contributed by atoms with Gasteiger partial charge in [-0.15, -0.1) is 0 Å². The molecule has 0 aromatic rings. The van der Waals surface area contributed by atoms with Crippen LogP contribution in [0.1, 0.15) is 39.5 Å². The highest BCUT2D eigenvalue weighted by Gasteiger charge is 2.34. The van der Waals surface area contributed by atoms with E-state index in [1.54, 1.807) is 14.2 Å². The van der Waals surface area contributed by atoms with Crippen LogP contribution < -0.4 is 0 Å². The molecular formula is C16H33NO3. The number of hydrogen-bond donors (Lipinski definition) is 1. The molecule has 2 atom stereocenters. The lowest BCUT2D eigenvalue weighted by Gasteiger charge is -2.40. The average molecular weight is 287 g/mol. The van der Waals surface area contributed by atoms with Crippen molar-refractivity contribution in [2.24, 2.45) is 11.3 Å². The van der Waals surface area contributed by atoms with E-state index in [-0.39, 0.29) is 6.10 Å². The van der Waals surface area contributed by atoms with Gasteiger partial charge in [-0.25, -0.2) is 0 Å². The van der Waals surface area contributed by atoms with Crippen LogP contribution in [0, 0.1) is 11.3 Å². The highest BCUT2D eigenvalue weighted by molar-refractivity contribution is 4.86. The molecule has 120 valence electrons. The van der Waals surface area contributed by atoms with Crippen LogP contribution in [0.5, 0.6) is 0 Å². The molecule has 0 amide bonds. The van der Waals surface area contributed by atoms with Crippen LogP contribution in [0.2, 0.25) is 0 Å². The fraction of sp³-hybridized carbons (Fsp3) is 1.00. The van der Waals surface area contributed by atoms with Crippen molar-refractivity contribution in [3.05, 3.63) is 0 Å². The molecule has 4 nitrogen and oxygen atoms in total. The van der Waals surface area contributed by atoms with Crippen molar-refractivity contribution in [3.63, 3.8) is 0 Å². The summed E-state index contributed by atoms with van der Waals surface area (Å²) in [5, 5.41) is 10.3. The molecule has 0 heterocycles. The third-order valence-electron chi connectivity index (χ3n) is 4.40. The van der Waals surface area contributed by atoms with Gasteiger partial charge in [0.2, 0.25) is 0 Å². The van der Waals surface area contributed by atoms with Gasteiger partial charge in [0, 0.05) is 40.5 Å². The van der Waals surface area contributed by atoms with Crippen molar-refractivity contribution in [2.45, 2.75) is 45.6 Å². The summed E-state index contributed by atoms with van der Waals surface area (Å²) in [4.78, 5) is 2.41. The van der Waals surface area contributed by atoms with E-state index in [2.05, 4.69) is 18.7 Å². The van der Waals surface area contributed by atoms with E-state index in [1.807, 2.05) is 0 Å². The number of aliphatic hydroxyl groups is 1. The third-order valence-corrected chi connectivity index (χ3v) is 4.40. The average Bonchev–Trinajstić information content (AvgIpc) is 2.40. The van der Waals surface area contributed by atoms with Crippen molar-refractivity contribution < 1.29 is 14.6 Å². The van der Waals surface area contributed by atoms with Gasteiger partial charge in [-0.05, 0) is 37.0 Å². The van der Waals surface area contributed by atoms with E-state index >= 15 is 0 Å². The molecule has 20 heavy (non-hydrogen) atoms. The van der Waals surface area contributed by atoms with Gasteiger partial charge in [-0.1, -0.05) is 13.8 Å². The van der Waals surface area contributed by atoms with Gasteiger partial charge in [-0.2, -0.15) is 0 Å². The number of aliphatic hydroxyl groups excluding tert-OH is 1. The normalized spacial score (nSPS) is 26.1. The summed E-state index contributed by atoms with van der Waals surface area (Å²) in [6, 6.07) is 0. The zero-order valence-electron chi connectivity index (χ0n) is 13.7. The lowest BCUT2D eigenvalue weighted by atomic mass is 9.70. The Morgan fingerprint density at radius 3 is 2.50 bits per heavy atom. The van der Waals surface area contributed by atoms with Crippen LogP contribution in [-0.4, -0.2) is 63.2 Å². The quantitative estimate of drug-likeness (QED) is 0.660. The Morgan fingerprint density at radius 1 is 1.15 bits per heavy atom. The van der Waals surface area contributed by atoms with Crippen molar-refractivity contribution in [2.75, 3.05) is 47.1 Å². The number of nitrogens with zero attached hydrogens (tertiary/aromatic N) is 1. The third kappa shape index (κ3) is 6.53. The van der Waals surface area contributed by atoms with E-state index in [0.29, 0.717) is 11.3 Å². The maximum Gasteiger partial charge on any atom is 0.0589 e. The SMILES string of the molecule is COCCCN(CCOC)CC1CC(C)(C)CCC1O. The smallest absolute Gasteiger partial charge is 0.0589 e. The summed E-state index contributed by atoms with van der Waals surface area (Å²) < 4.78 is 10.3. The molecule has 4 heteroatoms. The first-order valence-electron chi connectivity index (χ1n) is 7.87. The summed E-state index contributed by atoms with van der Waals surface area (Å²) in [6.45, 7) is 9.09. The summed E-state index contributed by atoms with van der Waals surface area (Å²) in [5.74, 6) is 0.387. The Kier molecular flexibility index (Phi) is 8.03. The predicted molar refractivity (Wildman–Crippen MR) is 81.9 cm³/mol.